The van der Waals surface area contributed by atoms with Crippen molar-refractivity contribution in [3.05, 3.63) is 35.2 Å². The van der Waals surface area contributed by atoms with E-state index in [0.29, 0.717) is 12.0 Å². The van der Waals surface area contributed by atoms with Crippen LogP contribution in [0.1, 0.15) is 56.6 Å². The second-order valence-corrected chi connectivity index (χ2v) is 6.07. The summed E-state index contributed by atoms with van der Waals surface area (Å²) in [5.74, 6) is 2.20. The summed E-state index contributed by atoms with van der Waals surface area (Å²) in [6, 6.07) is 6.62. The lowest BCUT2D eigenvalue weighted by atomic mass is 10.0. The van der Waals surface area contributed by atoms with E-state index >= 15 is 0 Å². The van der Waals surface area contributed by atoms with Gasteiger partial charge in [-0.15, -0.1) is 0 Å². The Morgan fingerprint density at radius 1 is 1.10 bits per heavy atom. The Kier molecular flexibility index (Phi) is 3.89. The highest BCUT2D eigenvalue weighted by atomic mass is 15.2. The van der Waals surface area contributed by atoms with Crippen LogP contribution in [0.3, 0.4) is 0 Å². The van der Waals surface area contributed by atoms with E-state index in [0.717, 1.165) is 22.9 Å². The molecule has 0 radical (unpaired) electrons. The zero-order valence-electron chi connectivity index (χ0n) is 13.4. The molecule has 3 heteroatoms. The van der Waals surface area contributed by atoms with Gasteiger partial charge in [0.1, 0.15) is 17.3 Å². The summed E-state index contributed by atoms with van der Waals surface area (Å²) in [6.45, 7) is 12.9. The van der Waals surface area contributed by atoms with Gasteiger partial charge in [-0.1, -0.05) is 32.0 Å². The monoisotopic (exact) mass is 271 g/mol. The topological polar surface area (TPSA) is 43.8 Å². The van der Waals surface area contributed by atoms with Gasteiger partial charge in [0.25, 0.3) is 0 Å². The fourth-order valence-electron chi connectivity index (χ4n) is 2.62. The van der Waals surface area contributed by atoms with Gasteiger partial charge in [0.15, 0.2) is 0 Å². The van der Waals surface area contributed by atoms with Crippen LogP contribution < -0.4 is 5.73 Å². The van der Waals surface area contributed by atoms with Gasteiger partial charge in [-0.05, 0) is 38.8 Å². The molecule has 0 unspecified atom stereocenters. The second kappa shape index (κ2) is 5.31. The van der Waals surface area contributed by atoms with Crippen molar-refractivity contribution in [3.63, 3.8) is 0 Å². The van der Waals surface area contributed by atoms with Crippen LogP contribution in [0.15, 0.2) is 18.2 Å². The van der Waals surface area contributed by atoms with E-state index in [9.17, 15) is 0 Å². The smallest absolute Gasteiger partial charge is 0.131 e. The molecule has 2 aromatic rings. The summed E-state index contributed by atoms with van der Waals surface area (Å²) in [5.41, 5.74) is 11.0. The van der Waals surface area contributed by atoms with Gasteiger partial charge in [0.05, 0.1) is 0 Å². The minimum Gasteiger partial charge on any atom is -0.383 e. The van der Waals surface area contributed by atoms with Gasteiger partial charge >= 0.3 is 0 Å². The van der Waals surface area contributed by atoms with Crippen molar-refractivity contribution in [2.24, 2.45) is 0 Å². The molecule has 108 valence electrons. The molecule has 0 fully saturated rings. The maximum absolute atomic E-state index is 6.39. The normalized spacial score (nSPS) is 11.6. The van der Waals surface area contributed by atoms with E-state index < -0.39 is 0 Å². The van der Waals surface area contributed by atoms with E-state index in [2.05, 4.69) is 64.3 Å². The Hall–Kier alpha value is -1.77. The molecular formula is C17H25N3. The van der Waals surface area contributed by atoms with Crippen LogP contribution in [0.25, 0.3) is 11.3 Å². The number of rotatable bonds is 3. The van der Waals surface area contributed by atoms with Crippen LogP contribution in [0, 0.1) is 13.8 Å². The number of nitrogen functional groups attached to an aromatic ring is 1. The first-order valence-corrected chi connectivity index (χ1v) is 7.28. The maximum atomic E-state index is 6.39. The van der Waals surface area contributed by atoms with Gasteiger partial charge in [-0.25, -0.2) is 4.98 Å². The summed E-state index contributed by atoms with van der Waals surface area (Å²) in [7, 11) is 0. The largest absolute Gasteiger partial charge is 0.383 e. The van der Waals surface area contributed by atoms with Crippen LogP contribution in [-0.2, 0) is 0 Å². The summed E-state index contributed by atoms with van der Waals surface area (Å²) in [5, 5.41) is 0. The summed E-state index contributed by atoms with van der Waals surface area (Å²) < 4.78 is 2.15. The quantitative estimate of drug-likeness (QED) is 0.896. The number of anilines is 1. The SMILES string of the molecule is Cc1cccc(-c2nc(C(C)C)n(C(C)C)c2N)c1C. The number of imidazole rings is 1. The highest BCUT2D eigenvalue weighted by molar-refractivity contribution is 5.74. The lowest BCUT2D eigenvalue weighted by Crippen LogP contribution is -2.10. The molecule has 0 atom stereocenters. The molecule has 1 aromatic heterocycles. The zero-order valence-corrected chi connectivity index (χ0v) is 13.4. The molecule has 20 heavy (non-hydrogen) atoms. The number of nitrogens with two attached hydrogens (primary N) is 1. The molecule has 0 bridgehead atoms. The number of aryl methyl sites for hydroxylation is 1. The van der Waals surface area contributed by atoms with Crippen LogP contribution >= 0.6 is 0 Å². The standard InChI is InChI=1S/C17H25N3/c1-10(2)17-19-15(16(18)20(17)11(3)4)14-9-7-8-12(5)13(14)6/h7-11H,18H2,1-6H3. The molecule has 2 rings (SSSR count). The minimum absolute atomic E-state index is 0.318. The second-order valence-electron chi connectivity index (χ2n) is 6.07. The lowest BCUT2D eigenvalue weighted by molar-refractivity contribution is 0.556. The fraction of sp³-hybridized carbons (Fsp3) is 0.471. The molecule has 0 amide bonds. The molecule has 0 aliphatic rings. The zero-order chi connectivity index (χ0) is 15.0. The lowest BCUT2D eigenvalue weighted by Gasteiger charge is -2.15. The molecule has 0 saturated heterocycles. The minimum atomic E-state index is 0.318. The molecule has 0 aliphatic heterocycles. The number of benzene rings is 1. The van der Waals surface area contributed by atoms with Gasteiger partial charge < -0.3 is 10.3 Å². The van der Waals surface area contributed by atoms with Gasteiger partial charge in [-0.3, -0.25) is 0 Å². The van der Waals surface area contributed by atoms with Crippen molar-refractivity contribution in [1.29, 1.82) is 0 Å². The predicted octanol–water partition coefficient (Wildman–Crippen LogP) is 4.45. The molecule has 1 heterocycles. The van der Waals surface area contributed by atoms with E-state index in [1.54, 1.807) is 0 Å². The first kappa shape index (κ1) is 14.6. The third-order valence-corrected chi connectivity index (χ3v) is 3.87. The number of hydrogen-bond acceptors (Lipinski definition) is 2. The van der Waals surface area contributed by atoms with Crippen LogP contribution in [0.5, 0.6) is 0 Å². The van der Waals surface area contributed by atoms with Gasteiger partial charge in [0, 0.05) is 17.5 Å². The molecule has 3 nitrogen and oxygen atoms in total. The highest BCUT2D eigenvalue weighted by Gasteiger charge is 2.21. The Balaban J connectivity index is 2.70. The predicted molar refractivity (Wildman–Crippen MR) is 86.0 cm³/mol. The van der Waals surface area contributed by atoms with Crippen LogP contribution in [0.4, 0.5) is 5.82 Å². The summed E-state index contributed by atoms with van der Waals surface area (Å²) in [6.07, 6.45) is 0. The fourth-order valence-corrected chi connectivity index (χ4v) is 2.62. The van der Waals surface area contributed by atoms with Crippen molar-refractivity contribution in [1.82, 2.24) is 9.55 Å². The third-order valence-electron chi connectivity index (χ3n) is 3.87. The Morgan fingerprint density at radius 2 is 1.75 bits per heavy atom. The average molecular weight is 271 g/mol. The third kappa shape index (κ3) is 2.33. The number of hydrogen-bond donors (Lipinski definition) is 1. The Bertz CT molecular complexity index is 621. The molecular weight excluding hydrogens is 246 g/mol. The van der Waals surface area contributed by atoms with Crippen molar-refractivity contribution in [3.8, 4) is 11.3 Å². The van der Waals surface area contributed by atoms with E-state index in [-0.39, 0.29) is 0 Å². The van der Waals surface area contributed by atoms with Crippen molar-refractivity contribution >= 4 is 5.82 Å². The first-order valence-electron chi connectivity index (χ1n) is 7.28. The van der Waals surface area contributed by atoms with Gasteiger partial charge in [-0.2, -0.15) is 0 Å². The molecule has 2 N–H and O–H groups in total. The van der Waals surface area contributed by atoms with Crippen molar-refractivity contribution < 1.29 is 0 Å². The highest BCUT2D eigenvalue weighted by Crippen LogP contribution is 2.34. The number of nitrogens with zero attached hydrogens (tertiary/aromatic N) is 2. The first-order chi connectivity index (χ1) is 9.34. The average Bonchev–Trinajstić information content (AvgIpc) is 2.71. The van der Waals surface area contributed by atoms with E-state index in [1.165, 1.54) is 11.1 Å². The van der Waals surface area contributed by atoms with Gasteiger partial charge in [0.2, 0.25) is 0 Å². The summed E-state index contributed by atoms with van der Waals surface area (Å²) >= 11 is 0. The van der Waals surface area contributed by atoms with Crippen LogP contribution in [-0.4, -0.2) is 9.55 Å². The van der Waals surface area contributed by atoms with E-state index in [4.69, 9.17) is 10.7 Å². The maximum Gasteiger partial charge on any atom is 0.131 e. The van der Waals surface area contributed by atoms with Crippen LogP contribution in [0.2, 0.25) is 0 Å². The molecule has 1 aromatic carbocycles. The summed E-state index contributed by atoms with van der Waals surface area (Å²) in [4.78, 5) is 4.84. The molecule has 0 aliphatic carbocycles. The van der Waals surface area contributed by atoms with E-state index in [1.807, 2.05) is 0 Å². The molecule has 0 saturated carbocycles. The number of aromatic nitrogens is 2. The Morgan fingerprint density at radius 3 is 2.25 bits per heavy atom. The Labute approximate surface area is 121 Å². The van der Waals surface area contributed by atoms with Crippen molar-refractivity contribution in [2.45, 2.75) is 53.5 Å². The van der Waals surface area contributed by atoms with Crippen molar-refractivity contribution in [2.75, 3.05) is 5.73 Å². The molecule has 0 spiro atoms.